The van der Waals surface area contributed by atoms with Crippen molar-refractivity contribution in [2.24, 2.45) is 5.92 Å². The van der Waals surface area contributed by atoms with Crippen LogP contribution < -0.4 is 4.74 Å². The first kappa shape index (κ1) is 11.7. The van der Waals surface area contributed by atoms with E-state index in [9.17, 15) is 4.79 Å². The molecular formula is C15H19NO2. The Balaban J connectivity index is 1.64. The van der Waals surface area contributed by atoms with E-state index in [0.29, 0.717) is 6.54 Å². The van der Waals surface area contributed by atoms with E-state index in [4.69, 9.17) is 4.74 Å². The van der Waals surface area contributed by atoms with Gasteiger partial charge in [0.25, 0.3) is 0 Å². The summed E-state index contributed by atoms with van der Waals surface area (Å²) in [6.07, 6.45) is 3.58. The van der Waals surface area contributed by atoms with Crippen LogP contribution in [0.1, 0.15) is 28.8 Å². The van der Waals surface area contributed by atoms with E-state index in [1.807, 2.05) is 25.2 Å². The Hall–Kier alpha value is -1.35. The van der Waals surface area contributed by atoms with Crippen LogP contribution in [0.25, 0.3) is 0 Å². The van der Waals surface area contributed by atoms with Gasteiger partial charge in [0, 0.05) is 18.5 Å². The van der Waals surface area contributed by atoms with E-state index >= 15 is 0 Å². The van der Waals surface area contributed by atoms with Crippen molar-refractivity contribution in [1.29, 1.82) is 0 Å². The van der Waals surface area contributed by atoms with Gasteiger partial charge in [-0.1, -0.05) is 0 Å². The van der Waals surface area contributed by atoms with Gasteiger partial charge in [-0.25, -0.2) is 0 Å². The molecule has 0 bridgehead atoms. The number of Topliss-reactive ketones (excluding diaryl/α,β-unsaturated/α-hetero) is 1. The second kappa shape index (κ2) is 4.73. The number of carbonyl (C=O) groups is 1. The van der Waals surface area contributed by atoms with Gasteiger partial charge in [0.1, 0.15) is 5.75 Å². The van der Waals surface area contributed by atoms with Gasteiger partial charge >= 0.3 is 0 Å². The first-order chi connectivity index (χ1) is 8.72. The quantitative estimate of drug-likeness (QED) is 0.744. The second-order valence-corrected chi connectivity index (χ2v) is 5.48. The Labute approximate surface area is 108 Å². The minimum absolute atomic E-state index is 0.216. The maximum Gasteiger partial charge on any atom is 0.176 e. The van der Waals surface area contributed by atoms with Crippen LogP contribution in [0.2, 0.25) is 0 Å². The zero-order chi connectivity index (χ0) is 12.5. The highest BCUT2D eigenvalue weighted by Crippen LogP contribution is 2.29. The highest BCUT2D eigenvalue weighted by atomic mass is 16.5. The lowest BCUT2D eigenvalue weighted by Crippen LogP contribution is -2.27. The van der Waals surface area contributed by atoms with Gasteiger partial charge in [-0.2, -0.15) is 0 Å². The van der Waals surface area contributed by atoms with Crippen LogP contribution in [0.15, 0.2) is 18.2 Å². The van der Waals surface area contributed by atoms with Gasteiger partial charge in [-0.05, 0) is 49.6 Å². The molecule has 1 saturated carbocycles. The number of likely N-dealkylation sites (N-methyl/N-ethyl adjacent to an activating group) is 1. The van der Waals surface area contributed by atoms with Crippen molar-refractivity contribution in [3.05, 3.63) is 29.3 Å². The molecule has 1 heterocycles. The van der Waals surface area contributed by atoms with Crippen LogP contribution in [-0.2, 0) is 6.42 Å². The van der Waals surface area contributed by atoms with Gasteiger partial charge in [0.15, 0.2) is 5.78 Å². The maximum atomic E-state index is 12.2. The molecule has 0 radical (unpaired) electrons. The number of fused-ring (bicyclic) bond motifs is 1. The Bertz CT molecular complexity index is 466. The summed E-state index contributed by atoms with van der Waals surface area (Å²) in [5.74, 6) is 1.99. The molecule has 0 N–H and O–H groups in total. The van der Waals surface area contributed by atoms with Gasteiger partial charge in [-0.15, -0.1) is 0 Å². The van der Waals surface area contributed by atoms with Gasteiger partial charge in [0.05, 0.1) is 13.2 Å². The SMILES string of the molecule is CN(CC(=O)c1ccc2c(c1)CCO2)CC1CC1. The van der Waals surface area contributed by atoms with Crippen molar-refractivity contribution in [3.8, 4) is 5.75 Å². The third-order valence-corrected chi connectivity index (χ3v) is 3.69. The molecule has 1 aromatic carbocycles. The van der Waals surface area contributed by atoms with Crippen LogP contribution in [0, 0.1) is 5.92 Å². The fraction of sp³-hybridized carbons (Fsp3) is 0.533. The summed E-state index contributed by atoms with van der Waals surface area (Å²) in [6.45, 7) is 2.32. The molecule has 1 aliphatic carbocycles. The van der Waals surface area contributed by atoms with E-state index in [0.717, 1.165) is 36.8 Å². The van der Waals surface area contributed by atoms with Crippen LogP contribution >= 0.6 is 0 Å². The van der Waals surface area contributed by atoms with E-state index in [2.05, 4.69) is 4.90 Å². The summed E-state index contributed by atoms with van der Waals surface area (Å²) in [7, 11) is 2.03. The number of rotatable bonds is 5. The lowest BCUT2D eigenvalue weighted by atomic mass is 10.1. The lowest BCUT2D eigenvalue weighted by molar-refractivity contribution is 0.0944. The molecule has 18 heavy (non-hydrogen) atoms. The third-order valence-electron chi connectivity index (χ3n) is 3.69. The molecule has 0 saturated heterocycles. The number of hydrogen-bond acceptors (Lipinski definition) is 3. The van der Waals surface area contributed by atoms with Crippen LogP contribution in [0.4, 0.5) is 0 Å². The lowest BCUT2D eigenvalue weighted by Gasteiger charge is -2.15. The molecule has 0 unspecified atom stereocenters. The minimum atomic E-state index is 0.216. The Morgan fingerprint density at radius 1 is 1.44 bits per heavy atom. The summed E-state index contributed by atoms with van der Waals surface area (Å²) >= 11 is 0. The molecule has 1 aliphatic heterocycles. The fourth-order valence-electron chi connectivity index (χ4n) is 2.50. The number of nitrogens with zero attached hydrogens (tertiary/aromatic N) is 1. The first-order valence-electron chi connectivity index (χ1n) is 6.70. The monoisotopic (exact) mass is 245 g/mol. The highest BCUT2D eigenvalue weighted by molar-refractivity contribution is 5.98. The van der Waals surface area contributed by atoms with E-state index in [-0.39, 0.29) is 5.78 Å². The van der Waals surface area contributed by atoms with Crippen LogP contribution in [0.3, 0.4) is 0 Å². The van der Waals surface area contributed by atoms with Gasteiger partial charge in [-0.3, -0.25) is 9.69 Å². The average Bonchev–Trinajstić information content (AvgIpc) is 3.03. The second-order valence-electron chi connectivity index (χ2n) is 5.48. The Kier molecular flexibility index (Phi) is 3.08. The van der Waals surface area contributed by atoms with Crippen molar-refractivity contribution in [1.82, 2.24) is 4.90 Å². The first-order valence-corrected chi connectivity index (χ1v) is 6.70. The molecule has 3 nitrogen and oxygen atoms in total. The number of carbonyl (C=O) groups excluding carboxylic acids is 1. The van der Waals surface area contributed by atoms with Crippen molar-refractivity contribution in [2.75, 3.05) is 26.7 Å². The van der Waals surface area contributed by atoms with Crippen LogP contribution in [0.5, 0.6) is 5.75 Å². The molecule has 1 fully saturated rings. The average molecular weight is 245 g/mol. The molecule has 1 aromatic rings. The summed E-state index contributed by atoms with van der Waals surface area (Å²) in [6, 6.07) is 5.81. The third kappa shape index (κ3) is 2.56. The highest BCUT2D eigenvalue weighted by Gasteiger charge is 2.24. The number of ketones is 1. The standard InChI is InChI=1S/C15H19NO2/c1-16(9-11-2-3-11)10-14(17)12-4-5-15-13(8-12)6-7-18-15/h4-5,8,11H,2-3,6-7,9-10H2,1H3. The predicted octanol–water partition coefficient (Wildman–Crippen LogP) is 2.15. The molecule has 3 heteroatoms. The molecule has 0 amide bonds. The Morgan fingerprint density at radius 3 is 3.06 bits per heavy atom. The fourth-order valence-corrected chi connectivity index (χ4v) is 2.50. The van der Waals surface area contributed by atoms with Crippen molar-refractivity contribution in [3.63, 3.8) is 0 Å². The zero-order valence-electron chi connectivity index (χ0n) is 10.8. The smallest absolute Gasteiger partial charge is 0.176 e. The van der Waals surface area contributed by atoms with Gasteiger partial charge < -0.3 is 4.74 Å². The molecule has 0 spiro atoms. The van der Waals surface area contributed by atoms with Crippen molar-refractivity contribution in [2.45, 2.75) is 19.3 Å². The number of benzene rings is 1. The largest absolute Gasteiger partial charge is 0.493 e. The summed E-state index contributed by atoms with van der Waals surface area (Å²) < 4.78 is 5.45. The molecule has 2 aliphatic rings. The molecule has 3 rings (SSSR count). The van der Waals surface area contributed by atoms with Crippen molar-refractivity contribution < 1.29 is 9.53 Å². The molecular weight excluding hydrogens is 226 g/mol. The number of ether oxygens (including phenoxy) is 1. The predicted molar refractivity (Wildman–Crippen MR) is 70.2 cm³/mol. The van der Waals surface area contributed by atoms with E-state index < -0.39 is 0 Å². The number of hydrogen-bond donors (Lipinski definition) is 0. The summed E-state index contributed by atoms with van der Waals surface area (Å²) in [4.78, 5) is 14.3. The summed E-state index contributed by atoms with van der Waals surface area (Å²) in [5.41, 5.74) is 1.99. The molecule has 96 valence electrons. The minimum Gasteiger partial charge on any atom is -0.493 e. The molecule has 0 atom stereocenters. The van der Waals surface area contributed by atoms with E-state index in [1.165, 1.54) is 18.4 Å². The topological polar surface area (TPSA) is 29.5 Å². The normalized spacial score (nSPS) is 17.7. The van der Waals surface area contributed by atoms with Crippen LogP contribution in [-0.4, -0.2) is 37.4 Å². The Morgan fingerprint density at radius 2 is 2.28 bits per heavy atom. The molecule has 0 aromatic heterocycles. The van der Waals surface area contributed by atoms with Gasteiger partial charge in [0.2, 0.25) is 0 Å². The summed E-state index contributed by atoms with van der Waals surface area (Å²) in [5, 5.41) is 0. The van der Waals surface area contributed by atoms with Crippen molar-refractivity contribution >= 4 is 5.78 Å². The zero-order valence-corrected chi connectivity index (χ0v) is 10.8. The van der Waals surface area contributed by atoms with E-state index in [1.54, 1.807) is 0 Å². The maximum absolute atomic E-state index is 12.2.